The van der Waals surface area contributed by atoms with Crippen molar-refractivity contribution in [1.82, 2.24) is 5.32 Å². The van der Waals surface area contributed by atoms with E-state index in [4.69, 9.17) is 9.47 Å². The highest BCUT2D eigenvalue weighted by molar-refractivity contribution is 5.30. The molecule has 0 radical (unpaired) electrons. The first kappa shape index (κ1) is 13.4. The van der Waals surface area contributed by atoms with E-state index >= 15 is 0 Å². The van der Waals surface area contributed by atoms with E-state index in [-0.39, 0.29) is 0 Å². The Morgan fingerprint density at radius 1 is 1.39 bits per heavy atom. The number of ether oxygens (including phenoxy) is 2. The molecule has 100 valence electrons. The maximum atomic E-state index is 5.44. The molecule has 1 aliphatic rings. The van der Waals surface area contributed by atoms with E-state index < -0.39 is 0 Å². The number of hydrogen-bond acceptors (Lipinski definition) is 3. The summed E-state index contributed by atoms with van der Waals surface area (Å²) >= 11 is 0. The van der Waals surface area contributed by atoms with Gasteiger partial charge in [0.25, 0.3) is 0 Å². The molecule has 3 unspecified atom stereocenters. The maximum Gasteiger partial charge on any atom is 0.119 e. The van der Waals surface area contributed by atoms with Crippen LogP contribution in [-0.2, 0) is 4.74 Å². The van der Waals surface area contributed by atoms with Gasteiger partial charge in [0.05, 0.1) is 13.7 Å². The van der Waals surface area contributed by atoms with Gasteiger partial charge in [-0.2, -0.15) is 0 Å². The molecule has 1 aliphatic heterocycles. The Morgan fingerprint density at radius 3 is 2.89 bits per heavy atom. The number of nitrogens with one attached hydrogen (secondary N) is 1. The van der Waals surface area contributed by atoms with E-state index in [0.29, 0.717) is 18.0 Å². The molecule has 1 saturated heterocycles. The van der Waals surface area contributed by atoms with E-state index in [1.165, 1.54) is 12.0 Å². The predicted octanol–water partition coefficient (Wildman–Crippen LogP) is 2.77. The number of methoxy groups -OCH3 is 1. The average Bonchev–Trinajstić information content (AvgIpc) is 2.92. The molecule has 0 spiro atoms. The van der Waals surface area contributed by atoms with Crippen LogP contribution in [0.2, 0.25) is 0 Å². The Kier molecular flexibility index (Phi) is 4.61. The van der Waals surface area contributed by atoms with Crippen LogP contribution in [0.15, 0.2) is 24.3 Å². The topological polar surface area (TPSA) is 30.5 Å². The van der Waals surface area contributed by atoms with Crippen molar-refractivity contribution in [3.63, 3.8) is 0 Å². The SMILES string of the molecule is COc1cccc(C(C)NC(C)C2CCOC2)c1. The van der Waals surface area contributed by atoms with Crippen LogP contribution >= 0.6 is 0 Å². The third-order valence-electron chi connectivity index (χ3n) is 3.78. The van der Waals surface area contributed by atoms with E-state index in [1.54, 1.807) is 7.11 Å². The van der Waals surface area contributed by atoms with Crippen molar-refractivity contribution in [2.75, 3.05) is 20.3 Å². The summed E-state index contributed by atoms with van der Waals surface area (Å²) in [5.74, 6) is 1.55. The normalized spacial score (nSPS) is 22.7. The molecule has 1 heterocycles. The first-order chi connectivity index (χ1) is 8.70. The van der Waals surface area contributed by atoms with Crippen molar-refractivity contribution in [3.05, 3.63) is 29.8 Å². The number of hydrogen-bond donors (Lipinski definition) is 1. The summed E-state index contributed by atoms with van der Waals surface area (Å²) in [6, 6.07) is 9.05. The van der Waals surface area contributed by atoms with Crippen LogP contribution in [0.3, 0.4) is 0 Å². The van der Waals surface area contributed by atoms with Crippen LogP contribution in [0.1, 0.15) is 31.9 Å². The van der Waals surface area contributed by atoms with Gasteiger partial charge in [-0.25, -0.2) is 0 Å². The summed E-state index contributed by atoms with van der Waals surface area (Å²) in [5, 5.41) is 3.65. The maximum absolute atomic E-state index is 5.44. The van der Waals surface area contributed by atoms with Crippen LogP contribution in [0.25, 0.3) is 0 Å². The molecule has 0 aliphatic carbocycles. The summed E-state index contributed by atoms with van der Waals surface area (Å²) in [4.78, 5) is 0. The third-order valence-corrected chi connectivity index (χ3v) is 3.78. The molecule has 0 bridgehead atoms. The average molecular weight is 249 g/mol. The van der Waals surface area contributed by atoms with Gasteiger partial charge in [0.1, 0.15) is 5.75 Å². The second-order valence-corrected chi connectivity index (χ2v) is 5.08. The lowest BCUT2D eigenvalue weighted by molar-refractivity contribution is 0.177. The lowest BCUT2D eigenvalue weighted by atomic mass is 9.98. The minimum absolute atomic E-state index is 0.329. The largest absolute Gasteiger partial charge is 0.497 e. The second-order valence-electron chi connectivity index (χ2n) is 5.08. The van der Waals surface area contributed by atoms with Crippen LogP contribution in [0.5, 0.6) is 5.75 Å². The van der Waals surface area contributed by atoms with Gasteiger partial charge in [0, 0.05) is 18.7 Å². The molecule has 2 rings (SSSR count). The Morgan fingerprint density at radius 2 is 2.22 bits per heavy atom. The number of benzene rings is 1. The molecule has 1 N–H and O–H groups in total. The second kappa shape index (κ2) is 6.21. The zero-order chi connectivity index (χ0) is 13.0. The van der Waals surface area contributed by atoms with Crippen molar-refractivity contribution < 1.29 is 9.47 Å². The van der Waals surface area contributed by atoms with Crippen molar-refractivity contribution in [2.45, 2.75) is 32.4 Å². The van der Waals surface area contributed by atoms with Gasteiger partial charge >= 0.3 is 0 Å². The third kappa shape index (κ3) is 3.24. The van der Waals surface area contributed by atoms with E-state index in [0.717, 1.165) is 19.0 Å². The molecule has 0 amide bonds. The molecule has 3 heteroatoms. The quantitative estimate of drug-likeness (QED) is 0.870. The van der Waals surface area contributed by atoms with Crippen molar-refractivity contribution in [2.24, 2.45) is 5.92 Å². The van der Waals surface area contributed by atoms with E-state index in [2.05, 4.69) is 31.3 Å². The summed E-state index contributed by atoms with van der Waals surface area (Å²) in [6.45, 7) is 6.24. The lowest BCUT2D eigenvalue weighted by Gasteiger charge is -2.24. The molecule has 1 aromatic rings. The summed E-state index contributed by atoms with van der Waals surface area (Å²) in [6.07, 6.45) is 1.17. The van der Waals surface area contributed by atoms with Crippen molar-refractivity contribution in [1.29, 1.82) is 0 Å². The Hall–Kier alpha value is -1.06. The fourth-order valence-corrected chi connectivity index (χ4v) is 2.48. The monoisotopic (exact) mass is 249 g/mol. The first-order valence-corrected chi connectivity index (χ1v) is 6.68. The zero-order valence-corrected chi connectivity index (χ0v) is 11.5. The van der Waals surface area contributed by atoms with Crippen molar-refractivity contribution in [3.8, 4) is 5.75 Å². The molecular formula is C15H23NO2. The van der Waals surface area contributed by atoms with Gasteiger partial charge in [-0.3, -0.25) is 0 Å². The zero-order valence-electron chi connectivity index (χ0n) is 11.5. The number of rotatable bonds is 5. The van der Waals surface area contributed by atoms with Gasteiger partial charge in [-0.1, -0.05) is 12.1 Å². The highest BCUT2D eigenvalue weighted by Crippen LogP contribution is 2.22. The van der Waals surface area contributed by atoms with Crippen molar-refractivity contribution >= 4 is 0 Å². The summed E-state index contributed by atoms with van der Waals surface area (Å²) < 4.78 is 10.7. The standard InChI is InChI=1S/C15H23NO2/c1-11(13-5-4-6-15(9-13)17-3)16-12(2)14-7-8-18-10-14/h4-6,9,11-12,14,16H,7-8,10H2,1-3H3. The minimum Gasteiger partial charge on any atom is -0.497 e. The molecule has 1 fully saturated rings. The molecule has 1 aromatic carbocycles. The van der Waals surface area contributed by atoms with Gasteiger partial charge in [-0.15, -0.1) is 0 Å². The van der Waals surface area contributed by atoms with E-state index in [9.17, 15) is 0 Å². The summed E-state index contributed by atoms with van der Waals surface area (Å²) in [5.41, 5.74) is 1.26. The van der Waals surface area contributed by atoms with E-state index in [1.807, 2.05) is 12.1 Å². The van der Waals surface area contributed by atoms with Crippen LogP contribution in [0.4, 0.5) is 0 Å². The highest BCUT2D eigenvalue weighted by Gasteiger charge is 2.23. The van der Waals surface area contributed by atoms with Crippen LogP contribution in [0, 0.1) is 5.92 Å². The van der Waals surface area contributed by atoms with Crippen LogP contribution in [-0.4, -0.2) is 26.4 Å². The van der Waals surface area contributed by atoms with Gasteiger partial charge in [0.2, 0.25) is 0 Å². The lowest BCUT2D eigenvalue weighted by Crippen LogP contribution is -2.35. The summed E-state index contributed by atoms with van der Waals surface area (Å²) in [7, 11) is 1.70. The van der Waals surface area contributed by atoms with Gasteiger partial charge in [-0.05, 0) is 43.9 Å². The fraction of sp³-hybridized carbons (Fsp3) is 0.600. The Bertz CT molecular complexity index is 375. The predicted molar refractivity (Wildman–Crippen MR) is 72.9 cm³/mol. The first-order valence-electron chi connectivity index (χ1n) is 6.68. The minimum atomic E-state index is 0.329. The Balaban J connectivity index is 1.95. The molecule has 0 saturated carbocycles. The molecule has 3 nitrogen and oxygen atoms in total. The molecule has 18 heavy (non-hydrogen) atoms. The Labute approximate surface area is 109 Å². The van der Waals surface area contributed by atoms with Crippen LogP contribution < -0.4 is 10.1 Å². The molecule has 0 aromatic heterocycles. The fourth-order valence-electron chi connectivity index (χ4n) is 2.48. The van der Waals surface area contributed by atoms with Gasteiger partial charge < -0.3 is 14.8 Å². The highest BCUT2D eigenvalue weighted by atomic mass is 16.5. The smallest absolute Gasteiger partial charge is 0.119 e. The molecular weight excluding hydrogens is 226 g/mol. The molecule has 3 atom stereocenters. The van der Waals surface area contributed by atoms with Gasteiger partial charge in [0.15, 0.2) is 0 Å².